The molecule has 1 atom stereocenters. The van der Waals surface area contributed by atoms with Crippen molar-refractivity contribution >= 4 is 80.5 Å². The molecule has 0 aromatic heterocycles. The Morgan fingerprint density at radius 2 is 1.32 bits per heavy atom. The van der Waals surface area contributed by atoms with E-state index in [0.717, 1.165) is 89.7 Å². The summed E-state index contributed by atoms with van der Waals surface area (Å²) in [6, 6.07) is 37.1. The number of rotatable bonds is 35. The van der Waals surface area contributed by atoms with E-state index < -0.39 is 46.6 Å². The molecule has 0 radical (unpaired) electrons. The second kappa shape index (κ2) is 35.7. The largest absolute Gasteiger partial charge is 0.748 e. The van der Waals surface area contributed by atoms with Crippen LogP contribution >= 0.6 is 0 Å². The zero-order valence-electron chi connectivity index (χ0n) is 57.5. The minimum atomic E-state index is -4.90. The zero-order chi connectivity index (χ0) is 70.6. The smallest absolute Gasteiger partial charge is 0.495 e. The Morgan fingerprint density at radius 1 is 0.677 bits per heavy atom. The molecule has 0 spiro atoms. The van der Waals surface area contributed by atoms with Crippen molar-refractivity contribution in [2.75, 3.05) is 83.2 Å². The number of benzene rings is 6. The number of piperazine rings is 1. The van der Waals surface area contributed by atoms with Crippen molar-refractivity contribution in [1.82, 2.24) is 30.3 Å². The first-order valence-electron chi connectivity index (χ1n) is 34.8. The number of methoxy groups -OCH3 is 1. The molecule has 23 heteroatoms. The quantitative estimate of drug-likeness (QED) is 0.00727. The van der Waals surface area contributed by atoms with E-state index in [1.54, 1.807) is 28.0 Å². The molecular formula is C76H92BN7O14S. The third-order valence-corrected chi connectivity index (χ3v) is 19.5. The number of fused-ring (bicyclic) bond motifs is 3. The summed E-state index contributed by atoms with van der Waals surface area (Å²) in [4.78, 5) is 99.3. The summed E-state index contributed by atoms with van der Waals surface area (Å²) in [5.41, 5.74) is 9.26. The van der Waals surface area contributed by atoms with E-state index in [2.05, 4.69) is 89.5 Å². The molecule has 4 N–H and O–H groups in total. The number of amides is 5. The van der Waals surface area contributed by atoms with Gasteiger partial charge in [0, 0.05) is 140 Å². The molecule has 1 saturated heterocycles. The maximum absolute atomic E-state index is 14.6. The fourth-order valence-corrected chi connectivity index (χ4v) is 14.0. The van der Waals surface area contributed by atoms with Crippen LogP contribution < -0.4 is 41.0 Å². The molecule has 1 aliphatic carbocycles. The van der Waals surface area contributed by atoms with E-state index in [9.17, 15) is 51.6 Å². The summed E-state index contributed by atoms with van der Waals surface area (Å²) in [5, 5.41) is 20.8. The number of hydrogen-bond donors (Lipinski definition) is 4. The Morgan fingerprint density at radius 3 is 2.03 bits per heavy atom. The van der Waals surface area contributed by atoms with Crippen molar-refractivity contribution in [1.29, 1.82) is 0 Å². The lowest BCUT2D eigenvalue weighted by Crippen LogP contribution is -2.50. The average Bonchev–Trinajstić information content (AvgIpc) is 1.70. The highest BCUT2D eigenvalue weighted by Gasteiger charge is 2.37. The molecule has 1 fully saturated rings. The van der Waals surface area contributed by atoms with Crippen LogP contribution in [0.5, 0.6) is 5.75 Å². The first kappa shape index (κ1) is 74.2. The summed E-state index contributed by atoms with van der Waals surface area (Å²) < 4.78 is 55.8. The molecule has 524 valence electrons. The van der Waals surface area contributed by atoms with Crippen molar-refractivity contribution in [3.05, 3.63) is 166 Å². The number of nitrogens with zero attached hydrogens (tertiary/aromatic N) is 4. The minimum Gasteiger partial charge on any atom is -0.748 e. The van der Waals surface area contributed by atoms with Gasteiger partial charge >= 0.3 is 7.12 Å². The van der Waals surface area contributed by atoms with Gasteiger partial charge in [0.25, 0.3) is 11.8 Å². The lowest BCUT2D eigenvalue weighted by Gasteiger charge is -2.35. The summed E-state index contributed by atoms with van der Waals surface area (Å²) >= 11 is 0. The number of nitrogens with one attached hydrogen (secondary N) is 3. The zero-order valence-corrected chi connectivity index (χ0v) is 58.4. The number of aryl methyl sites for hydroxylation is 2. The van der Waals surface area contributed by atoms with Crippen LogP contribution in [0.3, 0.4) is 0 Å². The Labute approximate surface area is 580 Å². The first-order chi connectivity index (χ1) is 47.8. The van der Waals surface area contributed by atoms with E-state index in [0.29, 0.717) is 115 Å². The van der Waals surface area contributed by atoms with Gasteiger partial charge in [-0.2, -0.15) is 0 Å². The van der Waals surface area contributed by atoms with Crippen molar-refractivity contribution in [2.45, 2.75) is 130 Å². The van der Waals surface area contributed by atoms with Gasteiger partial charge in [-0.25, -0.2) is 13.0 Å². The molecule has 5 aromatic rings. The monoisotopic (exact) mass is 1370 g/mol. The molecule has 3 aliphatic heterocycles. The van der Waals surface area contributed by atoms with Crippen molar-refractivity contribution in [3.8, 4) is 28.2 Å². The molecule has 3 heterocycles. The Bertz CT molecular complexity index is 4160. The topological polar surface area (TPSA) is 277 Å². The third kappa shape index (κ3) is 19.5. The van der Waals surface area contributed by atoms with Gasteiger partial charge in [0.1, 0.15) is 36.2 Å². The van der Waals surface area contributed by atoms with Gasteiger partial charge in [-0.05, 0) is 132 Å². The van der Waals surface area contributed by atoms with Gasteiger partial charge in [0.2, 0.25) is 23.1 Å². The summed E-state index contributed by atoms with van der Waals surface area (Å²) in [7, 11) is -4.64. The van der Waals surface area contributed by atoms with Crippen LogP contribution in [0, 0.1) is 0 Å². The van der Waals surface area contributed by atoms with Crippen molar-refractivity contribution < 1.29 is 65.4 Å². The fourth-order valence-electron chi connectivity index (χ4n) is 13.3. The number of unbranched alkanes of at least 4 members (excludes halogenated alkanes) is 5. The average molecular weight is 1370 g/mol. The van der Waals surface area contributed by atoms with Gasteiger partial charge in [-0.3, -0.25) is 33.6 Å². The number of carbonyl (C=O) groups is 7. The van der Waals surface area contributed by atoms with Crippen LogP contribution in [0.15, 0.2) is 126 Å². The molecule has 99 heavy (non-hydrogen) atoms. The normalized spacial score (nSPS) is 13.3. The van der Waals surface area contributed by atoms with E-state index in [1.165, 1.54) is 7.11 Å². The molecule has 0 bridgehead atoms. The van der Waals surface area contributed by atoms with Crippen LogP contribution in [0.4, 0.5) is 5.69 Å². The second-order valence-corrected chi connectivity index (χ2v) is 26.7. The van der Waals surface area contributed by atoms with Crippen LogP contribution in [0.1, 0.15) is 158 Å². The Balaban J connectivity index is 0.669. The third-order valence-electron chi connectivity index (χ3n) is 18.7. The van der Waals surface area contributed by atoms with E-state index in [1.807, 2.05) is 66.7 Å². The summed E-state index contributed by atoms with van der Waals surface area (Å²) in [6.45, 7) is 13.4. The van der Waals surface area contributed by atoms with Crippen LogP contribution in [0.2, 0.25) is 0 Å². The molecule has 5 amide bonds. The predicted molar refractivity (Wildman–Crippen MR) is 382 cm³/mol. The maximum Gasteiger partial charge on any atom is 0.495 e. The molecule has 5 aromatic carbocycles. The van der Waals surface area contributed by atoms with Crippen molar-refractivity contribution in [3.63, 3.8) is 0 Å². The maximum atomic E-state index is 14.6. The molecule has 4 aliphatic rings. The number of ketones is 2. The highest BCUT2D eigenvalue weighted by atomic mass is 32.2. The lowest BCUT2D eigenvalue weighted by atomic mass is 9.75. The van der Waals surface area contributed by atoms with Gasteiger partial charge in [-0.1, -0.05) is 85.6 Å². The van der Waals surface area contributed by atoms with Gasteiger partial charge in [0.05, 0.1) is 35.7 Å². The van der Waals surface area contributed by atoms with E-state index in [4.69, 9.17) is 13.8 Å². The minimum absolute atomic E-state index is 0.0181. The van der Waals surface area contributed by atoms with Crippen LogP contribution in [-0.4, -0.2) is 160 Å². The molecule has 21 nitrogen and oxygen atoms in total. The number of hydrogen-bond acceptors (Lipinski definition) is 15. The SMILES string of the molecule is CCN(CC)c1ccc2c(-c3ccccc3C(=O)N3CCN(C(=O)CCCCC(=O)NC(CS(=O)(=O)[O-])C(=O)CCCCCCC(=O)NCCNC(=O)c4cc(CCCCc5ccc(C(=O)c6ccccc6)cc5)c(OC)c5c4COB5O)CC3)c3ccc(=[N+](CC)CC)cc-3oc2c1. The molecule has 0 saturated carbocycles. The number of anilines is 1. The first-order valence-corrected chi connectivity index (χ1v) is 36.4. The molecular weight excluding hydrogens is 1280 g/mol. The highest BCUT2D eigenvalue weighted by Crippen LogP contribution is 2.42. The summed E-state index contributed by atoms with van der Waals surface area (Å²) in [6.07, 6.45) is 5.52. The number of ether oxygens (including phenoxy) is 1. The Hall–Kier alpha value is -9.03. The summed E-state index contributed by atoms with van der Waals surface area (Å²) in [5.74, 6) is -2.06. The fraction of sp³-hybridized carbons (Fsp3) is 0.421. The van der Waals surface area contributed by atoms with Gasteiger partial charge in [0.15, 0.2) is 11.6 Å². The van der Waals surface area contributed by atoms with Gasteiger partial charge in [-0.15, -0.1) is 0 Å². The predicted octanol–water partition coefficient (Wildman–Crippen LogP) is 8.22. The van der Waals surface area contributed by atoms with Crippen molar-refractivity contribution in [2.24, 2.45) is 0 Å². The Kier molecular flexibility index (Phi) is 26.7. The highest BCUT2D eigenvalue weighted by molar-refractivity contribution is 7.85. The van der Waals surface area contributed by atoms with Crippen LogP contribution in [-0.2, 0) is 53.4 Å². The molecule has 1 unspecified atom stereocenters. The standard InChI is InChI=1S/C76H92BN7O14S/c1-6-81(7-2)56-37-39-60-66(48-56)98-67-49-57(82(8-3)9-4)38-40-61(67)71(60)58-27-19-20-28-59(58)76(91)84-45-43-83(44-46-84)70(88)32-22-21-31-69(87)80-64(51-99(93,94)95)65(85)29-15-10-11-16-30-68(86)78-41-42-79-75(90)62-47-55(74(96-5)72-63(62)50-97-77(72)92)26-18-17-23-52-33-35-54(36-34-52)73(89)53-24-13-12-14-25-53/h12-14,19-20,24-25,27-28,33-40,47-49,64,92H,6-11,15-18,21-23,26,29-32,41-46,50-51H2,1-5H3,(H3-,78,79,80,86,87,90,93,94,95). The number of Topliss-reactive ketones (excluding diaryl/α,β-unsaturated/α-hetero) is 1. The lowest BCUT2D eigenvalue weighted by molar-refractivity contribution is -0.133. The van der Waals surface area contributed by atoms with E-state index >= 15 is 0 Å². The number of carbonyl (C=O) groups excluding carboxylic acids is 7. The van der Waals surface area contributed by atoms with Gasteiger partial charge < -0.3 is 54.0 Å². The second-order valence-electron chi connectivity index (χ2n) is 25.2. The molecule has 9 rings (SSSR count). The van der Waals surface area contributed by atoms with E-state index in [-0.39, 0.29) is 75.3 Å². The van der Waals surface area contributed by atoms with Crippen LogP contribution in [0.25, 0.3) is 33.4 Å².